The summed E-state index contributed by atoms with van der Waals surface area (Å²) in [5, 5.41) is 2.90. The minimum absolute atomic E-state index is 0.220. The predicted octanol–water partition coefficient (Wildman–Crippen LogP) is 11.7. The number of rotatable bonds is 0. The third kappa shape index (κ3) is 4.27. The highest BCUT2D eigenvalue weighted by Gasteiger charge is 2.70. The molecule has 0 radical (unpaired) electrons. The van der Waals surface area contributed by atoms with E-state index in [1.165, 1.54) is 129 Å². The maximum absolute atomic E-state index is 7.69. The van der Waals surface area contributed by atoms with Gasteiger partial charge in [0.1, 0.15) is 22.4 Å². The van der Waals surface area contributed by atoms with Crippen molar-refractivity contribution < 1.29 is 8.83 Å². The zero-order valence-corrected chi connectivity index (χ0v) is 42.1. The molecule has 0 amide bonds. The highest BCUT2D eigenvalue weighted by atomic mass is 16.4. The molecule has 2 aromatic heterocycles. The van der Waals surface area contributed by atoms with Crippen LogP contribution >= 0.6 is 0 Å². The van der Waals surface area contributed by atoms with Crippen LogP contribution in [0.4, 0.5) is 11.4 Å². The number of fused-ring (bicyclic) bond motifs is 27. The van der Waals surface area contributed by atoms with E-state index in [1.807, 2.05) is 0 Å². The van der Waals surface area contributed by atoms with Gasteiger partial charge in [-0.15, -0.1) is 0 Å². The first-order valence-corrected chi connectivity index (χ1v) is 27.4. The molecule has 8 aliphatic carbocycles. The van der Waals surface area contributed by atoms with Gasteiger partial charge in [-0.25, -0.2) is 9.97 Å². The maximum Gasteiger partial charge on any atom is 0.328 e. The monoisotopic (exact) mass is 934 g/mol. The van der Waals surface area contributed by atoms with Gasteiger partial charge in [0.2, 0.25) is 0 Å². The number of nitrogens with zero attached hydrogens (tertiary/aromatic N) is 4. The Balaban J connectivity index is 1.05. The molecule has 0 saturated heterocycles. The third-order valence-corrected chi connectivity index (χ3v) is 20.2. The fraction of sp³-hybridized carbons (Fsp3) is 0.344. The molecule has 12 aliphatic rings. The SMILES string of the molecule is CC(C)(C)c1nc2c(o1)C1(c3ccccc3-c3ccccc31)c1cc3c(c4c1B2N1B2c5nc(C(C)(C)C)oc5C5(c6ccccc6-c6ccccc65)c5cc6c(c(c52)N41)C1CCC6CC1)C1CCC3CC1. The molecule has 2 spiro atoms. The number of hydrogen-bond acceptors (Lipinski definition) is 6. The molecule has 6 nitrogen and oxygen atoms in total. The van der Waals surface area contributed by atoms with Gasteiger partial charge < -0.3 is 8.83 Å². The van der Waals surface area contributed by atoms with E-state index in [0.29, 0.717) is 23.7 Å². The molecule has 8 aromatic rings. The highest BCUT2D eigenvalue weighted by molar-refractivity contribution is 7.01. The molecule has 0 unspecified atom stereocenters. The molecule has 20 rings (SSSR count). The van der Waals surface area contributed by atoms with Crippen molar-refractivity contribution in [2.75, 3.05) is 5.01 Å². The summed E-state index contributed by atoms with van der Waals surface area (Å²) in [7, 11) is 0. The summed E-state index contributed by atoms with van der Waals surface area (Å²) < 4.78 is 15.4. The number of oxazole rings is 2. The summed E-state index contributed by atoms with van der Waals surface area (Å²) in [6.07, 6.45) is 10.0. The van der Waals surface area contributed by atoms with E-state index in [0.717, 1.165) is 34.5 Å². The minimum atomic E-state index is -0.679. The Kier molecular flexibility index (Phi) is 7.07. The Hall–Kier alpha value is -6.37. The Morgan fingerprint density at radius 1 is 0.458 bits per heavy atom. The van der Waals surface area contributed by atoms with Crippen molar-refractivity contribution in [2.24, 2.45) is 0 Å². The average molecular weight is 935 g/mol. The van der Waals surface area contributed by atoms with Crippen LogP contribution in [0, 0.1) is 0 Å². The first kappa shape index (κ1) is 40.2. The van der Waals surface area contributed by atoms with E-state index in [4.69, 9.17) is 18.8 Å². The Morgan fingerprint density at radius 2 is 0.792 bits per heavy atom. The van der Waals surface area contributed by atoms with Gasteiger partial charge in [0.25, 0.3) is 0 Å². The summed E-state index contributed by atoms with van der Waals surface area (Å²) in [5.41, 5.74) is 25.6. The molecule has 4 bridgehead atoms. The molecule has 350 valence electrons. The van der Waals surface area contributed by atoms with Crippen LogP contribution in [-0.4, -0.2) is 28.5 Å². The van der Waals surface area contributed by atoms with Crippen molar-refractivity contribution in [3.8, 4) is 22.3 Å². The fourth-order valence-electron chi connectivity index (χ4n) is 17.5. The van der Waals surface area contributed by atoms with Crippen molar-refractivity contribution in [1.29, 1.82) is 0 Å². The largest absolute Gasteiger partial charge is 0.444 e. The summed E-state index contributed by atoms with van der Waals surface area (Å²) in [4.78, 5) is 14.7. The van der Waals surface area contributed by atoms with Crippen LogP contribution in [-0.2, 0) is 21.7 Å². The Bertz CT molecular complexity index is 3490. The smallest absolute Gasteiger partial charge is 0.328 e. The first-order chi connectivity index (χ1) is 35.0. The lowest BCUT2D eigenvalue weighted by atomic mass is 9.34. The van der Waals surface area contributed by atoms with E-state index >= 15 is 0 Å². The molecule has 6 heterocycles. The molecule has 0 N–H and O–H groups in total. The van der Waals surface area contributed by atoms with Crippen molar-refractivity contribution in [3.05, 3.63) is 188 Å². The summed E-state index contributed by atoms with van der Waals surface area (Å²) in [6.45, 7) is 13.2. The second-order valence-electron chi connectivity index (χ2n) is 25.6. The Labute approximate surface area is 422 Å². The molecule has 8 heteroatoms. The predicted molar refractivity (Wildman–Crippen MR) is 287 cm³/mol. The standard InChI is InChI=1S/C64H56B2N4O2/c1-61(2,3)59-67-57-55(71-59)63(43-19-11-7-15-37(43)38-16-8-12-20-44(38)63)47-31-41-33-23-27-35(28-24-33)49(41)53-51(47)65(57)70-66-52-48(32-42-34-25-29-36(30-26-34)50(42)54(52)69(53)70)64(56-58(66)68-60(72-56)62(4,5)6)45-21-13-9-17-39(45)40-18-10-14-22-46(40)64/h7-22,31-36H,23-30H2,1-6H3. The molecule has 4 aliphatic heterocycles. The lowest BCUT2D eigenvalue weighted by Gasteiger charge is -2.45. The molecule has 2 saturated carbocycles. The van der Waals surface area contributed by atoms with Crippen LogP contribution in [0.2, 0.25) is 0 Å². The van der Waals surface area contributed by atoms with Gasteiger partial charge in [-0.2, -0.15) is 0 Å². The normalized spacial score (nSPS) is 23.6. The highest BCUT2D eigenvalue weighted by Crippen LogP contribution is 2.66. The van der Waals surface area contributed by atoms with Crippen molar-refractivity contribution in [2.45, 2.75) is 138 Å². The average Bonchev–Trinajstić information content (AvgIpc) is 4.28. The maximum atomic E-state index is 7.69. The van der Waals surface area contributed by atoms with Crippen molar-refractivity contribution in [1.82, 2.24) is 14.8 Å². The number of aromatic nitrogens is 2. The second-order valence-corrected chi connectivity index (χ2v) is 25.6. The summed E-state index contributed by atoms with van der Waals surface area (Å²) in [5.74, 6) is 5.67. The third-order valence-electron chi connectivity index (χ3n) is 20.2. The summed E-state index contributed by atoms with van der Waals surface area (Å²) >= 11 is 0. The fourth-order valence-corrected chi connectivity index (χ4v) is 17.5. The van der Waals surface area contributed by atoms with Crippen LogP contribution < -0.4 is 27.1 Å². The van der Waals surface area contributed by atoms with E-state index in [-0.39, 0.29) is 24.5 Å². The lowest BCUT2D eigenvalue weighted by Crippen LogP contribution is -2.70. The number of benzene rings is 6. The van der Waals surface area contributed by atoms with Crippen LogP contribution in [0.25, 0.3) is 22.3 Å². The van der Waals surface area contributed by atoms with Crippen molar-refractivity contribution in [3.63, 3.8) is 0 Å². The van der Waals surface area contributed by atoms with E-state index in [1.54, 1.807) is 22.3 Å². The van der Waals surface area contributed by atoms with E-state index in [9.17, 15) is 0 Å². The van der Waals surface area contributed by atoms with Gasteiger partial charge >= 0.3 is 13.7 Å². The zero-order chi connectivity index (χ0) is 47.7. The van der Waals surface area contributed by atoms with Crippen molar-refractivity contribution >= 4 is 47.2 Å². The summed E-state index contributed by atoms with van der Waals surface area (Å²) in [6, 6.07) is 42.5. The van der Waals surface area contributed by atoms with Crippen LogP contribution in [0.15, 0.2) is 118 Å². The lowest BCUT2D eigenvalue weighted by molar-refractivity contribution is 0.353. The number of hydrazine groups is 1. The van der Waals surface area contributed by atoms with Crippen LogP contribution in [0.5, 0.6) is 0 Å². The van der Waals surface area contributed by atoms with Gasteiger partial charge in [-0.05, 0) is 164 Å². The second kappa shape index (κ2) is 12.7. The van der Waals surface area contributed by atoms with Gasteiger partial charge in [-0.1, -0.05) is 151 Å². The van der Waals surface area contributed by atoms with Gasteiger partial charge in [0.05, 0.1) is 22.6 Å². The molecule has 6 aromatic carbocycles. The number of hydrogen-bond donors (Lipinski definition) is 0. The molecular weight excluding hydrogens is 878 g/mol. The van der Waals surface area contributed by atoms with Crippen LogP contribution in [0.3, 0.4) is 0 Å². The van der Waals surface area contributed by atoms with E-state index < -0.39 is 10.8 Å². The van der Waals surface area contributed by atoms with E-state index in [2.05, 4.69) is 161 Å². The van der Waals surface area contributed by atoms with Gasteiger partial charge in [0, 0.05) is 10.8 Å². The Morgan fingerprint density at radius 3 is 1.14 bits per heavy atom. The molecular formula is C64H56B2N4O2. The first-order valence-electron chi connectivity index (χ1n) is 27.4. The number of anilines is 2. The van der Waals surface area contributed by atoms with Gasteiger partial charge in [0.15, 0.2) is 11.8 Å². The molecule has 0 atom stereocenters. The van der Waals surface area contributed by atoms with Crippen LogP contribution in [0.1, 0.15) is 196 Å². The minimum Gasteiger partial charge on any atom is -0.444 e. The molecule has 2 fully saturated rings. The topological polar surface area (TPSA) is 58.5 Å². The molecule has 72 heavy (non-hydrogen) atoms. The zero-order valence-electron chi connectivity index (χ0n) is 42.1. The quantitative estimate of drug-likeness (QED) is 0.141. The van der Waals surface area contributed by atoms with Gasteiger partial charge in [-0.3, -0.25) is 9.84 Å².